The Balaban J connectivity index is 1.89. The van der Waals surface area contributed by atoms with Gasteiger partial charge in [0.25, 0.3) is 0 Å². The summed E-state index contributed by atoms with van der Waals surface area (Å²) in [6, 6.07) is 10.9. The molecule has 0 saturated heterocycles. The molecule has 6 heteroatoms. The van der Waals surface area contributed by atoms with E-state index < -0.39 is 0 Å². The van der Waals surface area contributed by atoms with E-state index in [1.165, 1.54) is 23.9 Å². The van der Waals surface area contributed by atoms with Crippen LogP contribution in [0, 0.1) is 5.82 Å². The Morgan fingerprint density at radius 3 is 2.45 bits per heavy atom. The molecule has 0 atom stereocenters. The molecule has 1 N–H and O–H groups in total. The number of halogens is 3. The highest BCUT2D eigenvalue weighted by atomic mass is 35.5. The molecule has 0 radical (unpaired) electrons. The number of hydrogen-bond acceptors (Lipinski definition) is 2. The molecule has 1 amide bonds. The van der Waals surface area contributed by atoms with Gasteiger partial charge >= 0.3 is 0 Å². The number of carbonyl (C=O) groups is 1. The number of rotatable bonds is 4. The maximum absolute atomic E-state index is 12.7. The van der Waals surface area contributed by atoms with E-state index in [9.17, 15) is 9.18 Å². The number of carbonyl (C=O) groups excluding carboxylic acids is 1. The van der Waals surface area contributed by atoms with Crippen molar-refractivity contribution in [3.8, 4) is 0 Å². The predicted molar refractivity (Wildman–Crippen MR) is 82.2 cm³/mol. The van der Waals surface area contributed by atoms with Gasteiger partial charge in [-0.15, -0.1) is 11.8 Å². The van der Waals surface area contributed by atoms with E-state index in [4.69, 9.17) is 23.2 Å². The van der Waals surface area contributed by atoms with Gasteiger partial charge in [-0.1, -0.05) is 23.2 Å². The monoisotopic (exact) mass is 329 g/mol. The van der Waals surface area contributed by atoms with E-state index in [-0.39, 0.29) is 17.5 Å². The van der Waals surface area contributed by atoms with Crippen molar-refractivity contribution in [2.45, 2.75) is 4.90 Å². The minimum absolute atomic E-state index is 0.169. The summed E-state index contributed by atoms with van der Waals surface area (Å²) in [4.78, 5) is 12.6. The van der Waals surface area contributed by atoms with Gasteiger partial charge in [-0.2, -0.15) is 0 Å². The maximum Gasteiger partial charge on any atom is 0.234 e. The zero-order valence-electron chi connectivity index (χ0n) is 10.2. The van der Waals surface area contributed by atoms with Gasteiger partial charge in [-0.3, -0.25) is 4.79 Å². The number of thioether (sulfide) groups is 1. The summed E-state index contributed by atoms with van der Waals surface area (Å²) in [5.74, 6) is -0.237. The molecule has 0 heterocycles. The second kappa shape index (κ2) is 6.97. The van der Waals surface area contributed by atoms with Gasteiger partial charge in [-0.05, 0) is 42.5 Å². The second-order valence-electron chi connectivity index (χ2n) is 3.92. The summed E-state index contributed by atoms with van der Waals surface area (Å²) < 4.78 is 12.7. The van der Waals surface area contributed by atoms with Crippen molar-refractivity contribution in [1.29, 1.82) is 0 Å². The fraction of sp³-hybridized carbons (Fsp3) is 0.0714. The lowest BCUT2D eigenvalue weighted by atomic mass is 10.3. The Kier molecular flexibility index (Phi) is 5.29. The summed E-state index contributed by atoms with van der Waals surface area (Å²) in [7, 11) is 0. The Hall–Kier alpha value is -1.23. The van der Waals surface area contributed by atoms with Crippen LogP contribution in [0.3, 0.4) is 0 Å². The summed E-state index contributed by atoms with van der Waals surface area (Å²) in [6.45, 7) is 0. The number of nitrogens with one attached hydrogen (secondary N) is 1. The van der Waals surface area contributed by atoms with Crippen molar-refractivity contribution in [1.82, 2.24) is 0 Å². The van der Waals surface area contributed by atoms with Gasteiger partial charge in [0.2, 0.25) is 5.91 Å². The molecule has 0 spiro atoms. The van der Waals surface area contributed by atoms with Gasteiger partial charge in [0.05, 0.1) is 15.8 Å². The van der Waals surface area contributed by atoms with Crippen LogP contribution < -0.4 is 5.32 Å². The molecule has 104 valence electrons. The van der Waals surface area contributed by atoms with E-state index in [1.54, 1.807) is 30.3 Å². The molecule has 0 aliphatic rings. The lowest BCUT2D eigenvalue weighted by Gasteiger charge is -2.06. The number of anilines is 1. The molecule has 0 aliphatic heterocycles. The molecule has 20 heavy (non-hydrogen) atoms. The molecule has 0 saturated carbocycles. The Bertz CT molecular complexity index is 619. The van der Waals surface area contributed by atoms with Gasteiger partial charge in [0.15, 0.2) is 0 Å². The zero-order valence-corrected chi connectivity index (χ0v) is 12.5. The highest BCUT2D eigenvalue weighted by Crippen LogP contribution is 2.25. The predicted octanol–water partition coefficient (Wildman–Crippen LogP) is 4.86. The van der Waals surface area contributed by atoms with Crippen LogP contribution in [0.5, 0.6) is 0 Å². The van der Waals surface area contributed by atoms with E-state index in [2.05, 4.69) is 5.32 Å². The van der Waals surface area contributed by atoms with Gasteiger partial charge < -0.3 is 5.32 Å². The van der Waals surface area contributed by atoms with E-state index in [1.807, 2.05) is 0 Å². The largest absolute Gasteiger partial charge is 0.325 e. The fourth-order valence-corrected chi connectivity index (χ4v) is 2.45. The minimum Gasteiger partial charge on any atom is -0.325 e. The lowest BCUT2D eigenvalue weighted by molar-refractivity contribution is -0.113. The van der Waals surface area contributed by atoms with E-state index in [0.717, 1.165) is 4.90 Å². The molecular formula is C14H10Cl2FNOS. The molecule has 0 aliphatic carbocycles. The van der Waals surface area contributed by atoms with Crippen LogP contribution in [0.15, 0.2) is 47.4 Å². The third-order valence-electron chi connectivity index (χ3n) is 2.39. The molecule has 0 unspecified atom stereocenters. The standard InChI is InChI=1S/C14H10Cl2FNOS/c15-12-6-3-10(7-13(12)16)18-14(19)8-20-11-4-1-9(17)2-5-11/h1-7H,8H2,(H,18,19). The fourth-order valence-electron chi connectivity index (χ4n) is 1.45. The van der Waals surface area contributed by atoms with Crippen LogP contribution in [0.4, 0.5) is 10.1 Å². The normalized spacial score (nSPS) is 10.3. The van der Waals surface area contributed by atoms with Crippen molar-refractivity contribution >= 4 is 46.6 Å². The number of amides is 1. The van der Waals surface area contributed by atoms with Gasteiger partial charge in [0, 0.05) is 10.6 Å². The van der Waals surface area contributed by atoms with Crippen LogP contribution in [-0.2, 0) is 4.79 Å². The Labute approximate surface area is 130 Å². The summed E-state index contributed by atoms with van der Waals surface area (Å²) >= 11 is 13.0. The van der Waals surface area contributed by atoms with Crippen LogP contribution in [0.1, 0.15) is 0 Å². The third-order valence-corrected chi connectivity index (χ3v) is 4.14. The second-order valence-corrected chi connectivity index (χ2v) is 5.78. The summed E-state index contributed by atoms with van der Waals surface area (Å²) in [5.41, 5.74) is 0.587. The number of benzene rings is 2. The summed E-state index contributed by atoms with van der Waals surface area (Å²) in [6.07, 6.45) is 0. The van der Waals surface area contributed by atoms with Crippen molar-refractivity contribution < 1.29 is 9.18 Å². The first-order valence-electron chi connectivity index (χ1n) is 5.68. The lowest BCUT2D eigenvalue weighted by Crippen LogP contribution is -2.13. The average molecular weight is 330 g/mol. The topological polar surface area (TPSA) is 29.1 Å². The Morgan fingerprint density at radius 1 is 1.10 bits per heavy atom. The molecule has 2 aromatic carbocycles. The third kappa shape index (κ3) is 4.40. The Morgan fingerprint density at radius 2 is 1.80 bits per heavy atom. The highest BCUT2D eigenvalue weighted by Gasteiger charge is 2.05. The molecule has 0 fully saturated rings. The SMILES string of the molecule is O=C(CSc1ccc(F)cc1)Nc1ccc(Cl)c(Cl)c1. The van der Waals surface area contributed by atoms with Crippen molar-refractivity contribution in [2.75, 3.05) is 11.1 Å². The first-order chi connectivity index (χ1) is 9.54. The van der Waals surface area contributed by atoms with Crippen molar-refractivity contribution in [3.63, 3.8) is 0 Å². The van der Waals surface area contributed by atoms with Crippen molar-refractivity contribution in [3.05, 3.63) is 58.3 Å². The first kappa shape index (κ1) is 15.2. The van der Waals surface area contributed by atoms with Crippen molar-refractivity contribution in [2.24, 2.45) is 0 Å². The highest BCUT2D eigenvalue weighted by molar-refractivity contribution is 8.00. The first-order valence-corrected chi connectivity index (χ1v) is 7.42. The molecule has 2 rings (SSSR count). The number of hydrogen-bond donors (Lipinski definition) is 1. The van der Waals surface area contributed by atoms with Gasteiger partial charge in [-0.25, -0.2) is 4.39 Å². The average Bonchev–Trinajstić information content (AvgIpc) is 2.42. The quantitative estimate of drug-likeness (QED) is 0.811. The molecule has 0 aromatic heterocycles. The van der Waals surface area contributed by atoms with Crippen LogP contribution in [0.2, 0.25) is 10.0 Å². The van der Waals surface area contributed by atoms with Crippen LogP contribution >= 0.6 is 35.0 Å². The van der Waals surface area contributed by atoms with Crippen LogP contribution in [-0.4, -0.2) is 11.7 Å². The van der Waals surface area contributed by atoms with Gasteiger partial charge in [0.1, 0.15) is 5.82 Å². The summed E-state index contributed by atoms with van der Waals surface area (Å²) in [5, 5.41) is 3.54. The maximum atomic E-state index is 12.7. The van der Waals surface area contributed by atoms with E-state index in [0.29, 0.717) is 15.7 Å². The minimum atomic E-state index is -0.297. The van der Waals surface area contributed by atoms with Crippen LogP contribution in [0.25, 0.3) is 0 Å². The zero-order chi connectivity index (χ0) is 14.5. The molecule has 0 bridgehead atoms. The molecular weight excluding hydrogens is 320 g/mol. The van der Waals surface area contributed by atoms with E-state index >= 15 is 0 Å². The smallest absolute Gasteiger partial charge is 0.234 e. The molecule has 2 aromatic rings. The molecule has 2 nitrogen and oxygen atoms in total.